The molecule has 0 radical (unpaired) electrons. The van der Waals surface area contributed by atoms with Crippen molar-refractivity contribution in [2.75, 3.05) is 26.7 Å². The third-order valence-electron chi connectivity index (χ3n) is 4.84. The van der Waals surface area contributed by atoms with Gasteiger partial charge in [0.05, 0.1) is 5.41 Å². The standard InChI is InChI=1S/C14H24N2O3/c1-3-14(12(17)18)7-8-16(10-14)13(19)15(2)9-11-5-4-6-11/h11H,3-10H2,1-2H3,(H,17,18). The smallest absolute Gasteiger partial charge is 0.319 e. The molecule has 1 saturated carbocycles. The van der Waals surface area contributed by atoms with E-state index in [-0.39, 0.29) is 6.03 Å². The van der Waals surface area contributed by atoms with Crippen LogP contribution in [0, 0.1) is 11.3 Å². The Balaban J connectivity index is 1.91. The number of aliphatic carboxylic acids is 1. The number of carbonyl (C=O) groups excluding carboxylic acids is 1. The number of urea groups is 1. The first-order valence-electron chi connectivity index (χ1n) is 7.22. The van der Waals surface area contributed by atoms with Gasteiger partial charge in [0.2, 0.25) is 0 Å². The Morgan fingerprint density at radius 2 is 2.11 bits per heavy atom. The molecule has 0 aromatic heterocycles. The average Bonchev–Trinajstić information content (AvgIpc) is 2.78. The Morgan fingerprint density at radius 3 is 2.53 bits per heavy atom. The second-order valence-electron chi connectivity index (χ2n) is 6.07. The van der Waals surface area contributed by atoms with Crippen LogP contribution in [0.3, 0.4) is 0 Å². The number of likely N-dealkylation sites (tertiary alicyclic amines) is 1. The van der Waals surface area contributed by atoms with E-state index in [2.05, 4.69) is 0 Å². The second kappa shape index (κ2) is 5.39. The fourth-order valence-corrected chi connectivity index (χ4v) is 3.03. The molecule has 2 amide bonds. The van der Waals surface area contributed by atoms with Crippen LogP contribution < -0.4 is 0 Å². The molecule has 0 aromatic rings. The lowest BCUT2D eigenvalue weighted by Crippen LogP contribution is -2.44. The van der Waals surface area contributed by atoms with Crippen molar-refractivity contribution in [1.82, 2.24) is 9.80 Å². The molecule has 0 bridgehead atoms. The predicted molar refractivity (Wildman–Crippen MR) is 71.9 cm³/mol. The summed E-state index contributed by atoms with van der Waals surface area (Å²) >= 11 is 0. The molecular weight excluding hydrogens is 244 g/mol. The fraction of sp³-hybridized carbons (Fsp3) is 0.857. The van der Waals surface area contributed by atoms with Gasteiger partial charge >= 0.3 is 12.0 Å². The summed E-state index contributed by atoms with van der Waals surface area (Å²) < 4.78 is 0. The molecular formula is C14H24N2O3. The topological polar surface area (TPSA) is 60.9 Å². The van der Waals surface area contributed by atoms with Crippen molar-refractivity contribution in [3.63, 3.8) is 0 Å². The number of carbonyl (C=O) groups is 2. The van der Waals surface area contributed by atoms with Crippen molar-refractivity contribution in [1.29, 1.82) is 0 Å². The summed E-state index contributed by atoms with van der Waals surface area (Å²) in [7, 11) is 1.83. The fourth-order valence-electron chi connectivity index (χ4n) is 3.03. The molecule has 5 nitrogen and oxygen atoms in total. The number of nitrogens with zero attached hydrogens (tertiary/aromatic N) is 2. The van der Waals surface area contributed by atoms with Gasteiger partial charge in [-0.15, -0.1) is 0 Å². The van der Waals surface area contributed by atoms with Crippen LogP contribution in [0.5, 0.6) is 0 Å². The van der Waals surface area contributed by atoms with Crippen molar-refractivity contribution >= 4 is 12.0 Å². The molecule has 19 heavy (non-hydrogen) atoms. The third kappa shape index (κ3) is 2.69. The summed E-state index contributed by atoms with van der Waals surface area (Å²) in [6.45, 7) is 3.61. The van der Waals surface area contributed by atoms with E-state index in [1.54, 1.807) is 9.80 Å². The van der Waals surface area contributed by atoms with Crippen LogP contribution in [-0.2, 0) is 4.79 Å². The summed E-state index contributed by atoms with van der Waals surface area (Å²) in [5, 5.41) is 9.34. The minimum absolute atomic E-state index is 0.0107. The normalized spacial score (nSPS) is 27.2. The summed E-state index contributed by atoms with van der Waals surface area (Å²) in [6.07, 6.45) is 4.85. The van der Waals surface area contributed by atoms with Crippen molar-refractivity contribution in [3.8, 4) is 0 Å². The van der Waals surface area contributed by atoms with Crippen LogP contribution in [0.15, 0.2) is 0 Å². The van der Waals surface area contributed by atoms with E-state index in [1.165, 1.54) is 19.3 Å². The molecule has 1 heterocycles. The predicted octanol–water partition coefficient (Wildman–Crippen LogP) is 2.02. The van der Waals surface area contributed by atoms with Crippen molar-refractivity contribution < 1.29 is 14.7 Å². The maximum absolute atomic E-state index is 12.3. The lowest BCUT2D eigenvalue weighted by Gasteiger charge is -2.32. The maximum atomic E-state index is 12.3. The SMILES string of the molecule is CCC1(C(=O)O)CCN(C(=O)N(C)CC2CCC2)C1. The van der Waals surface area contributed by atoms with Crippen LogP contribution in [0.25, 0.3) is 0 Å². The van der Waals surface area contributed by atoms with Gasteiger partial charge in [0.1, 0.15) is 0 Å². The number of hydrogen-bond acceptors (Lipinski definition) is 2. The molecule has 1 aliphatic carbocycles. The number of hydrogen-bond donors (Lipinski definition) is 1. The van der Waals surface area contributed by atoms with Crippen molar-refractivity contribution in [3.05, 3.63) is 0 Å². The van der Waals surface area contributed by atoms with E-state index in [0.29, 0.717) is 31.8 Å². The number of carboxylic acids is 1. The highest BCUT2D eigenvalue weighted by atomic mass is 16.4. The van der Waals surface area contributed by atoms with E-state index in [9.17, 15) is 14.7 Å². The van der Waals surface area contributed by atoms with E-state index in [4.69, 9.17) is 0 Å². The number of amides is 2. The van der Waals surface area contributed by atoms with Crippen LogP contribution in [0.4, 0.5) is 4.79 Å². The molecule has 1 N–H and O–H groups in total. The van der Waals surface area contributed by atoms with Gasteiger partial charge in [-0.25, -0.2) is 4.79 Å². The van der Waals surface area contributed by atoms with Crippen LogP contribution in [0.2, 0.25) is 0 Å². The average molecular weight is 268 g/mol. The van der Waals surface area contributed by atoms with Gasteiger partial charge in [0, 0.05) is 26.7 Å². The van der Waals surface area contributed by atoms with Gasteiger partial charge < -0.3 is 14.9 Å². The summed E-state index contributed by atoms with van der Waals surface area (Å²) in [4.78, 5) is 27.1. The van der Waals surface area contributed by atoms with Gasteiger partial charge in [0.15, 0.2) is 0 Å². The Kier molecular flexibility index (Phi) is 4.02. The molecule has 1 unspecified atom stereocenters. The highest BCUT2D eigenvalue weighted by molar-refractivity contribution is 5.79. The lowest BCUT2D eigenvalue weighted by molar-refractivity contribution is -0.148. The Hall–Kier alpha value is -1.26. The Bertz CT molecular complexity index is 368. The van der Waals surface area contributed by atoms with E-state index in [0.717, 1.165) is 6.54 Å². The van der Waals surface area contributed by atoms with E-state index >= 15 is 0 Å². The molecule has 2 rings (SSSR count). The summed E-state index contributed by atoms with van der Waals surface area (Å²) in [6, 6.07) is -0.0107. The molecule has 1 atom stereocenters. The summed E-state index contributed by atoms with van der Waals surface area (Å²) in [5.41, 5.74) is -0.729. The van der Waals surface area contributed by atoms with Crippen molar-refractivity contribution in [2.45, 2.75) is 39.0 Å². The molecule has 0 spiro atoms. The molecule has 108 valence electrons. The zero-order valence-electron chi connectivity index (χ0n) is 11.9. The Morgan fingerprint density at radius 1 is 1.42 bits per heavy atom. The minimum Gasteiger partial charge on any atom is -0.481 e. The quantitative estimate of drug-likeness (QED) is 0.848. The van der Waals surface area contributed by atoms with E-state index < -0.39 is 11.4 Å². The third-order valence-corrected chi connectivity index (χ3v) is 4.84. The monoisotopic (exact) mass is 268 g/mol. The first-order valence-corrected chi connectivity index (χ1v) is 7.22. The highest BCUT2D eigenvalue weighted by Crippen LogP contribution is 2.35. The summed E-state index contributed by atoms with van der Waals surface area (Å²) in [5.74, 6) is -0.126. The molecule has 2 fully saturated rings. The van der Waals surface area contributed by atoms with Crippen molar-refractivity contribution in [2.24, 2.45) is 11.3 Å². The minimum atomic E-state index is -0.771. The van der Waals surface area contributed by atoms with Gasteiger partial charge in [-0.05, 0) is 31.6 Å². The van der Waals surface area contributed by atoms with Crippen LogP contribution in [0.1, 0.15) is 39.0 Å². The highest BCUT2D eigenvalue weighted by Gasteiger charge is 2.45. The maximum Gasteiger partial charge on any atom is 0.319 e. The molecule has 1 saturated heterocycles. The second-order valence-corrected chi connectivity index (χ2v) is 6.07. The van der Waals surface area contributed by atoms with Gasteiger partial charge in [-0.1, -0.05) is 13.3 Å². The van der Waals surface area contributed by atoms with E-state index in [1.807, 2.05) is 14.0 Å². The molecule has 1 aliphatic heterocycles. The van der Waals surface area contributed by atoms with Crippen LogP contribution in [-0.4, -0.2) is 53.6 Å². The molecule has 0 aromatic carbocycles. The zero-order valence-corrected chi connectivity index (χ0v) is 11.9. The molecule has 2 aliphatic rings. The number of rotatable bonds is 4. The van der Waals surface area contributed by atoms with Gasteiger partial charge in [-0.2, -0.15) is 0 Å². The molecule has 5 heteroatoms. The zero-order chi connectivity index (χ0) is 14.0. The van der Waals surface area contributed by atoms with Gasteiger partial charge in [-0.3, -0.25) is 4.79 Å². The van der Waals surface area contributed by atoms with Crippen LogP contribution >= 0.6 is 0 Å². The Labute approximate surface area is 114 Å². The first kappa shape index (κ1) is 14.2. The number of carboxylic acid groups (broad SMARTS) is 1. The lowest BCUT2D eigenvalue weighted by atomic mass is 9.84. The largest absolute Gasteiger partial charge is 0.481 e. The first-order chi connectivity index (χ1) is 8.98. The van der Waals surface area contributed by atoms with Gasteiger partial charge in [0.25, 0.3) is 0 Å².